The molecule has 0 aliphatic heterocycles. The predicted octanol–water partition coefficient (Wildman–Crippen LogP) is 3.70. The number of aromatic nitrogens is 2. The van der Waals surface area contributed by atoms with Crippen LogP contribution in [0, 0.1) is 11.3 Å². The zero-order chi connectivity index (χ0) is 16.7. The molecule has 0 atom stereocenters. The Kier molecular flexibility index (Phi) is 9.08. The maximum absolute atomic E-state index is 4.72. The maximum Gasteiger partial charge on any atom is 0.191 e. The highest BCUT2D eigenvalue weighted by atomic mass is 127. The first-order valence-corrected chi connectivity index (χ1v) is 9.04. The van der Waals surface area contributed by atoms with E-state index >= 15 is 0 Å². The van der Waals surface area contributed by atoms with E-state index in [0.29, 0.717) is 12.0 Å². The number of nitrogens with zero attached hydrogens (tertiary/aromatic N) is 3. The summed E-state index contributed by atoms with van der Waals surface area (Å²) in [5.74, 6) is 1.67. The highest BCUT2D eigenvalue weighted by Gasteiger charge is 2.34. The van der Waals surface area contributed by atoms with Crippen molar-refractivity contribution in [3.8, 4) is 0 Å². The van der Waals surface area contributed by atoms with Gasteiger partial charge in [0.2, 0.25) is 0 Å². The van der Waals surface area contributed by atoms with Crippen molar-refractivity contribution >= 4 is 29.9 Å². The van der Waals surface area contributed by atoms with Crippen LogP contribution in [-0.2, 0) is 13.6 Å². The molecule has 1 heterocycles. The molecular weight excluding hydrogens is 413 g/mol. The Hall–Kier alpha value is -0.790. The van der Waals surface area contributed by atoms with Gasteiger partial charge in [0.25, 0.3) is 0 Å². The minimum Gasteiger partial charge on any atom is -0.357 e. The molecule has 0 spiro atoms. The Bertz CT molecular complexity index is 503. The van der Waals surface area contributed by atoms with Gasteiger partial charge < -0.3 is 10.6 Å². The zero-order valence-corrected chi connectivity index (χ0v) is 18.0. The molecule has 0 aromatic carbocycles. The third-order valence-corrected chi connectivity index (χ3v) is 4.80. The summed E-state index contributed by atoms with van der Waals surface area (Å²) in [6, 6.07) is 2.02. The van der Waals surface area contributed by atoms with Gasteiger partial charge in [-0.1, -0.05) is 26.7 Å². The topological polar surface area (TPSA) is 54.2 Å². The van der Waals surface area contributed by atoms with Gasteiger partial charge in [0, 0.05) is 26.3 Å². The summed E-state index contributed by atoms with van der Waals surface area (Å²) in [4.78, 5) is 4.72. The van der Waals surface area contributed by atoms with Gasteiger partial charge in [-0.3, -0.25) is 4.68 Å². The molecule has 0 unspecified atom stereocenters. The Labute approximate surface area is 164 Å². The standard InChI is InChI=1S/C18H33N5.HI/c1-5-19-17(20-13-16-8-11-22-23(16)4)21-14-18(12-15(2)3)9-6-7-10-18;/h8,11,15H,5-7,9-10,12-14H2,1-4H3,(H2,19,20,21);1H. The molecule has 24 heavy (non-hydrogen) atoms. The van der Waals surface area contributed by atoms with Crippen LogP contribution in [0.2, 0.25) is 0 Å². The molecule has 5 nitrogen and oxygen atoms in total. The lowest BCUT2D eigenvalue weighted by Gasteiger charge is -2.32. The quantitative estimate of drug-likeness (QED) is 0.381. The fourth-order valence-electron chi connectivity index (χ4n) is 3.77. The van der Waals surface area contributed by atoms with Gasteiger partial charge >= 0.3 is 0 Å². The summed E-state index contributed by atoms with van der Waals surface area (Å²) < 4.78 is 1.88. The lowest BCUT2D eigenvalue weighted by Crippen LogP contribution is -2.43. The predicted molar refractivity (Wildman–Crippen MR) is 112 cm³/mol. The van der Waals surface area contributed by atoms with E-state index in [-0.39, 0.29) is 24.0 Å². The summed E-state index contributed by atoms with van der Waals surface area (Å²) in [6.07, 6.45) is 8.56. The number of hydrogen-bond donors (Lipinski definition) is 2. The molecule has 2 N–H and O–H groups in total. The molecule has 0 bridgehead atoms. The fraction of sp³-hybridized carbons (Fsp3) is 0.778. The zero-order valence-electron chi connectivity index (χ0n) is 15.6. The van der Waals surface area contributed by atoms with Crippen molar-refractivity contribution in [3.63, 3.8) is 0 Å². The van der Waals surface area contributed by atoms with E-state index in [9.17, 15) is 0 Å². The van der Waals surface area contributed by atoms with Crippen molar-refractivity contribution in [3.05, 3.63) is 18.0 Å². The Morgan fingerprint density at radius 2 is 2.04 bits per heavy atom. The van der Waals surface area contributed by atoms with Gasteiger partial charge in [0.1, 0.15) is 0 Å². The molecule has 1 aliphatic rings. The van der Waals surface area contributed by atoms with Gasteiger partial charge in [0.15, 0.2) is 5.96 Å². The van der Waals surface area contributed by atoms with E-state index in [4.69, 9.17) is 4.99 Å². The second kappa shape index (κ2) is 10.3. The third-order valence-electron chi connectivity index (χ3n) is 4.80. The largest absolute Gasteiger partial charge is 0.357 e. The van der Waals surface area contributed by atoms with Crippen LogP contribution in [0.3, 0.4) is 0 Å². The first-order chi connectivity index (χ1) is 11.0. The highest BCUT2D eigenvalue weighted by Crippen LogP contribution is 2.42. The van der Waals surface area contributed by atoms with Crippen LogP contribution >= 0.6 is 24.0 Å². The van der Waals surface area contributed by atoms with Crippen LogP contribution in [-0.4, -0.2) is 28.8 Å². The molecule has 138 valence electrons. The molecule has 1 aliphatic carbocycles. The smallest absolute Gasteiger partial charge is 0.191 e. The third kappa shape index (κ3) is 6.26. The molecule has 0 amide bonds. The first kappa shape index (κ1) is 21.3. The van der Waals surface area contributed by atoms with Crippen molar-refractivity contribution in [2.24, 2.45) is 23.4 Å². The van der Waals surface area contributed by atoms with Crippen molar-refractivity contribution in [2.75, 3.05) is 13.1 Å². The van der Waals surface area contributed by atoms with Crippen LogP contribution in [0.25, 0.3) is 0 Å². The van der Waals surface area contributed by atoms with Gasteiger partial charge in [-0.05, 0) is 43.6 Å². The molecule has 1 fully saturated rings. The molecule has 1 aromatic rings. The molecule has 2 rings (SSSR count). The van der Waals surface area contributed by atoms with Gasteiger partial charge in [-0.2, -0.15) is 5.10 Å². The maximum atomic E-state index is 4.72. The summed E-state index contributed by atoms with van der Waals surface area (Å²) >= 11 is 0. The molecule has 6 heteroatoms. The van der Waals surface area contributed by atoms with Crippen LogP contribution in [0.15, 0.2) is 17.3 Å². The molecule has 0 saturated heterocycles. The minimum atomic E-state index is 0. The van der Waals surface area contributed by atoms with Crippen LogP contribution in [0.1, 0.15) is 58.6 Å². The normalized spacial score (nSPS) is 17.0. The fourth-order valence-corrected chi connectivity index (χ4v) is 3.77. The minimum absolute atomic E-state index is 0. The van der Waals surface area contributed by atoms with Crippen molar-refractivity contribution < 1.29 is 0 Å². The second-order valence-corrected chi connectivity index (χ2v) is 7.30. The van der Waals surface area contributed by atoms with Gasteiger partial charge in [-0.25, -0.2) is 4.99 Å². The number of hydrogen-bond acceptors (Lipinski definition) is 2. The average Bonchev–Trinajstić information content (AvgIpc) is 3.11. The summed E-state index contributed by atoms with van der Waals surface area (Å²) in [5, 5.41) is 11.2. The molecule has 1 aromatic heterocycles. The van der Waals surface area contributed by atoms with Gasteiger partial charge in [-0.15, -0.1) is 24.0 Å². The Balaban J connectivity index is 0.00000288. The van der Waals surface area contributed by atoms with Crippen LogP contribution < -0.4 is 10.6 Å². The molecule has 0 radical (unpaired) electrons. The second-order valence-electron chi connectivity index (χ2n) is 7.30. The summed E-state index contributed by atoms with van der Waals surface area (Å²) in [6.45, 7) is 9.35. The highest BCUT2D eigenvalue weighted by molar-refractivity contribution is 14.0. The van der Waals surface area contributed by atoms with Crippen molar-refractivity contribution in [1.82, 2.24) is 20.4 Å². The number of rotatable bonds is 7. The number of guanidine groups is 1. The lowest BCUT2D eigenvalue weighted by molar-refractivity contribution is 0.235. The summed E-state index contributed by atoms with van der Waals surface area (Å²) in [7, 11) is 1.96. The lowest BCUT2D eigenvalue weighted by atomic mass is 9.78. The number of aliphatic imine (C=N–C) groups is 1. The Morgan fingerprint density at radius 1 is 1.33 bits per heavy atom. The SMILES string of the molecule is CCNC(=NCc1ccnn1C)NCC1(CC(C)C)CCCC1.I. The number of halogens is 1. The van der Waals surface area contributed by atoms with Crippen molar-refractivity contribution in [1.29, 1.82) is 0 Å². The van der Waals surface area contributed by atoms with Gasteiger partial charge in [0.05, 0.1) is 12.2 Å². The first-order valence-electron chi connectivity index (χ1n) is 9.04. The summed E-state index contributed by atoms with van der Waals surface area (Å²) in [5.41, 5.74) is 1.58. The van der Waals surface area contributed by atoms with E-state index < -0.39 is 0 Å². The van der Waals surface area contributed by atoms with Crippen LogP contribution in [0.4, 0.5) is 0 Å². The monoisotopic (exact) mass is 447 g/mol. The average molecular weight is 447 g/mol. The van der Waals surface area contributed by atoms with E-state index in [1.54, 1.807) is 0 Å². The Morgan fingerprint density at radius 3 is 2.58 bits per heavy atom. The van der Waals surface area contributed by atoms with E-state index in [1.165, 1.54) is 32.1 Å². The molecular formula is C18H34IN5. The van der Waals surface area contributed by atoms with E-state index in [1.807, 2.05) is 24.0 Å². The van der Waals surface area contributed by atoms with E-state index in [0.717, 1.165) is 30.7 Å². The van der Waals surface area contributed by atoms with Crippen molar-refractivity contribution in [2.45, 2.75) is 59.4 Å². The molecule has 1 saturated carbocycles. The van der Waals surface area contributed by atoms with Crippen LogP contribution in [0.5, 0.6) is 0 Å². The van der Waals surface area contributed by atoms with E-state index in [2.05, 4.69) is 36.5 Å². The number of nitrogens with one attached hydrogen (secondary N) is 2. The number of aryl methyl sites for hydroxylation is 1.